The van der Waals surface area contributed by atoms with E-state index in [1.807, 2.05) is 30.3 Å². The quantitative estimate of drug-likeness (QED) is 0.419. The van der Waals surface area contributed by atoms with Crippen LogP contribution in [-0.2, 0) is 9.53 Å². The van der Waals surface area contributed by atoms with E-state index in [9.17, 15) is 9.59 Å². The van der Waals surface area contributed by atoms with Gasteiger partial charge in [-0.25, -0.2) is 9.59 Å². The largest absolute Gasteiger partial charge is 0.494 e. The topological polar surface area (TPSA) is 101 Å². The maximum Gasteiger partial charge on any atom is 0.344 e. The van der Waals surface area contributed by atoms with Crippen LogP contribution in [0.2, 0.25) is 0 Å². The fraction of sp³-hybridized carbons (Fsp3) is 0.308. The molecule has 0 aliphatic carbocycles. The standard InChI is InChI=1S/C26H27NO6/c1-4-30-25(28)22-20(16-9-11-17(12-10-16)31-14-13-15(2)3)21-23(33-24(22)27)18-7-5-6-8-19(18)32-26(21)29/h5-12,15,20H,4,13-14,27H2,1-3H3/t20-/m1/s1. The number of hydrogen-bond acceptors (Lipinski definition) is 7. The van der Waals surface area contributed by atoms with Crippen LogP contribution in [0.3, 0.4) is 0 Å². The first-order valence-corrected chi connectivity index (χ1v) is 11.0. The van der Waals surface area contributed by atoms with Gasteiger partial charge in [-0.3, -0.25) is 0 Å². The third-order valence-electron chi connectivity index (χ3n) is 5.53. The van der Waals surface area contributed by atoms with E-state index in [0.717, 1.165) is 6.42 Å². The molecule has 0 saturated heterocycles. The molecule has 1 aliphatic rings. The predicted octanol–water partition coefficient (Wildman–Crippen LogP) is 4.48. The molecule has 0 bridgehead atoms. The number of rotatable bonds is 7. The molecule has 0 spiro atoms. The van der Waals surface area contributed by atoms with Crippen molar-refractivity contribution < 1.29 is 23.4 Å². The van der Waals surface area contributed by atoms with Gasteiger partial charge >= 0.3 is 11.6 Å². The number of carbonyl (C=O) groups excluding carboxylic acids is 1. The summed E-state index contributed by atoms with van der Waals surface area (Å²) in [5.74, 6) is -0.0216. The molecular formula is C26H27NO6. The predicted molar refractivity (Wildman–Crippen MR) is 124 cm³/mol. The highest BCUT2D eigenvalue weighted by atomic mass is 16.5. The Kier molecular flexibility index (Phi) is 6.40. The molecule has 0 radical (unpaired) electrons. The Morgan fingerprint density at radius 1 is 1.12 bits per heavy atom. The van der Waals surface area contributed by atoms with Crippen molar-refractivity contribution in [3.63, 3.8) is 0 Å². The summed E-state index contributed by atoms with van der Waals surface area (Å²) in [4.78, 5) is 25.9. The molecule has 1 aliphatic heterocycles. The van der Waals surface area contributed by atoms with Crippen LogP contribution >= 0.6 is 0 Å². The van der Waals surface area contributed by atoms with Crippen molar-refractivity contribution in [2.75, 3.05) is 13.2 Å². The lowest BCUT2D eigenvalue weighted by Gasteiger charge is -2.28. The molecule has 3 aromatic rings. The number of carbonyl (C=O) groups is 1. The first kappa shape index (κ1) is 22.5. The second-order valence-corrected chi connectivity index (χ2v) is 8.26. The highest BCUT2D eigenvalue weighted by molar-refractivity contribution is 5.94. The van der Waals surface area contributed by atoms with Crippen LogP contribution in [0, 0.1) is 5.92 Å². The smallest absolute Gasteiger partial charge is 0.344 e. The zero-order valence-electron chi connectivity index (χ0n) is 18.9. The summed E-state index contributed by atoms with van der Waals surface area (Å²) >= 11 is 0. The molecule has 0 fully saturated rings. The van der Waals surface area contributed by atoms with Gasteiger partial charge in [-0.1, -0.05) is 38.1 Å². The van der Waals surface area contributed by atoms with Crippen molar-refractivity contribution >= 4 is 16.9 Å². The molecule has 172 valence electrons. The van der Waals surface area contributed by atoms with E-state index >= 15 is 0 Å². The van der Waals surface area contributed by atoms with Crippen LogP contribution in [0.15, 0.2) is 69.2 Å². The molecule has 7 nitrogen and oxygen atoms in total. The van der Waals surface area contributed by atoms with Gasteiger partial charge in [-0.15, -0.1) is 0 Å². The summed E-state index contributed by atoms with van der Waals surface area (Å²) in [6.07, 6.45) is 0.940. The monoisotopic (exact) mass is 449 g/mol. The maximum atomic E-state index is 13.1. The second-order valence-electron chi connectivity index (χ2n) is 8.26. The number of hydrogen-bond donors (Lipinski definition) is 1. The van der Waals surface area contributed by atoms with Gasteiger partial charge in [0.2, 0.25) is 5.88 Å². The summed E-state index contributed by atoms with van der Waals surface area (Å²) in [6, 6.07) is 14.3. The van der Waals surface area contributed by atoms with Gasteiger partial charge in [0, 0.05) is 0 Å². The average Bonchev–Trinajstić information content (AvgIpc) is 2.78. The minimum absolute atomic E-state index is 0.0698. The molecule has 2 heterocycles. The molecule has 2 N–H and O–H groups in total. The number of ether oxygens (including phenoxy) is 3. The summed E-state index contributed by atoms with van der Waals surface area (Å²) in [5.41, 5.74) is 6.94. The lowest BCUT2D eigenvalue weighted by Crippen LogP contribution is -2.31. The molecule has 1 aromatic heterocycles. The molecule has 4 rings (SSSR count). The van der Waals surface area contributed by atoms with Crippen molar-refractivity contribution in [2.45, 2.75) is 33.1 Å². The van der Waals surface area contributed by atoms with E-state index in [1.165, 1.54) is 0 Å². The van der Waals surface area contributed by atoms with Crippen LogP contribution < -0.4 is 20.8 Å². The van der Waals surface area contributed by atoms with Gasteiger partial charge in [-0.2, -0.15) is 0 Å². The van der Waals surface area contributed by atoms with Crippen LogP contribution in [0.4, 0.5) is 0 Å². The molecule has 33 heavy (non-hydrogen) atoms. The van der Waals surface area contributed by atoms with Gasteiger partial charge < -0.3 is 24.4 Å². The van der Waals surface area contributed by atoms with Gasteiger partial charge in [0.25, 0.3) is 0 Å². The number of benzene rings is 2. The zero-order chi connectivity index (χ0) is 23.5. The summed E-state index contributed by atoms with van der Waals surface area (Å²) < 4.78 is 22.4. The van der Waals surface area contributed by atoms with E-state index < -0.39 is 17.5 Å². The van der Waals surface area contributed by atoms with Crippen molar-refractivity contribution in [2.24, 2.45) is 11.7 Å². The first-order valence-electron chi connectivity index (χ1n) is 11.0. The molecule has 1 atom stereocenters. The highest BCUT2D eigenvalue weighted by Gasteiger charge is 2.39. The van der Waals surface area contributed by atoms with Crippen LogP contribution in [0.25, 0.3) is 11.0 Å². The number of nitrogens with two attached hydrogens (primary N) is 1. The van der Waals surface area contributed by atoms with E-state index in [1.54, 1.807) is 25.1 Å². The molecule has 0 amide bonds. The third-order valence-corrected chi connectivity index (χ3v) is 5.53. The Hall–Kier alpha value is -3.74. The minimum atomic E-state index is -0.807. The second kappa shape index (κ2) is 9.40. The molecule has 0 unspecified atom stereocenters. The van der Waals surface area contributed by atoms with Crippen molar-refractivity contribution in [1.29, 1.82) is 0 Å². The lowest BCUT2D eigenvalue weighted by atomic mass is 9.83. The van der Waals surface area contributed by atoms with Crippen LogP contribution in [-0.4, -0.2) is 19.2 Å². The zero-order valence-corrected chi connectivity index (χ0v) is 18.9. The number of esters is 1. The Morgan fingerprint density at radius 3 is 2.55 bits per heavy atom. The Morgan fingerprint density at radius 2 is 1.85 bits per heavy atom. The Bertz CT molecular complexity index is 1260. The first-order chi connectivity index (χ1) is 15.9. The molecule has 0 saturated carbocycles. The van der Waals surface area contributed by atoms with Crippen molar-refractivity contribution in [3.05, 3.63) is 81.5 Å². The number of para-hydroxylation sites is 1. The van der Waals surface area contributed by atoms with E-state index in [4.69, 9.17) is 24.4 Å². The fourth-order valence-electron chi connectivity index (χ4n) is 3.88. The van der Waals surface area contributed by atoms with E-state index in [0.29, 0.717) is 34.8 Å². The van der Waals surface area contributed by atoms with E-state index in [-0.39, 0.29) is 29.4 Å². The van der Waals surface area contributed by atoms with Gasteiger partial charge in [0.15, 0.2) is 5.75 Å². The van der Waals surface area contributed by atoms with Crippen LogP contribution in [0.1, 0.15) is 44.2 Å². The fourth-order valence-corrected chi connectivity index (χ4v) is 3.88. The molecular weight excluding hydrogens is 422 g/mol. The van der Waals surface area contributed by atoms with E-state index in [2.05, 4.69) is 13.8 Å². The minimum Gasteiger partial charge on any atom is -0.494 e. The van der Waals surface area contributed by atoms with Crippen molar-refractivity contribution in [3.8, 4) is 11.5 Å². The maximum absolute atomic E-state index is 13.1. The Labute approximate surface area is 191 Å². The summed E-state index contributed by atoms with van der Waals surface area (Å²) in [5, 5.41) is 0.594. The summed E-state index contributed by atoms with van der Waals surface area (Å²) in [6.45, 7) is 6.74. The molecule has 7 heteroatoms. The number of fused-ring (bicyclic) bond motifs is 3. The normalized spacial score (nSPS) is 15.3. The van der Waals surface area contributed by atoms with Gasteiger partial charge in [-0.05, 0) is 49.1 Å². The summed E-state index contributed by atoms with van der Waals surface area (Å²) in [7, 11) is 0. The highest BCUT2D eigenvalue weighted by Crippen LogP contribution is 2.44. The third kappa shape index (κ3) is 4.44. The van der Waals surface area contributed by atoms with Gasteiger partial charge in [0.1, 0.15) is 16.9 Å². The Balaban J connectivity index is 1.82. The molecule has 2 aromatic carbocycles. The van der Waals surface area contributed by atoms with Crippen LogP contribution in [0.5, 0.6) is 11.5 Å². The van der Waals surface area contributed by atoms with Gasteiger partial charge in [0.05, 0.1) is 30.1 Å². The van der Waals surface area contributed by atoms with Crippen molar-refractivity contribution in [1.82, 2.24) is 0 Å². The SMILES string of the molecule is CCOC(=O)C1=C(N)Oc2c(c(=O)oc3ccccc23)[C@H]1c1ccc(OCCC(C)C)cc1. The average molecular weight is 450 g/mol. The lowest BCUT2D eigenvalue weighted by molar-refractivity contribution is -0.139.